The quantitative estimate of drug-likeness (QED) is 0.334. The topological polar surface area (TPSA) is 54.9 Å². The third-order valence-electron chi connectivity index (χ3n) is 9.19. The molecule has 4 fully saturated rings. The first-order valence-electron chi connectivity index (χ1n) is 13.5. The zero-order chi connectivity index (χ0) is 24.3. The number of rotatable bonds is 5. The van der Waals surface area contributed by atoms with E-state index >= 15 is 0 Å². The van der Waals surface area contributed by atoms with Gasteiger partial charge in [0.15, 0.2) is 5.82 Å². The Morgan fingerprint density at radius 2 is 1.61 bits per heavy atom. The van der Waals surface area contributed by atoms with Crippen LogP contribution in [-0.2, 0) is 30.5 Å². The fourth-order valence-electron chi connectivity index (χ4n) is 8.17. The summed E-state index contributed by atoms with van der Waals surface area (Å²) >= 11 is 2.30. The van der Waals surface area contributed by atoms with Crippen LogP contribution in [0.2, 0.25) is 0 Å². The second-order valence-electron chi connectivity index (χ2n) is 11.9. The minimum absolute atomic E-state index is 0.00608. The maximum Gasteiger partial charge on any atom is 0.229 e. The van der Waals surface area contributed by atoms with Gasteiger partial charge in [-0.05, 0) is 127 Å². The average molecular weight is 590 g/mol. The molecule has 0 unspecified atom stereocenters. The van der Waals surface area contributed by atoms with Crippen molar-refractivity contribution in [1.29, 1.82) is 0 Å². The molecule has 184 valence electrons. The fraction of sp³-hybridized carbons (Fsp3) is 0.452. The first kappa shape index (κ1) is 22.9. The Hall–Kier alpha value is -2.28. The van der Waals surface area contributed by atoms with Crippen LogP contribution in [0.1, 0.15) is 61.0 Å². The van der Waals surface area contributed by atoms with Crippen LogP contribution in [-0.4, -0.2) is 15.9 Å². The molecule has 0 saturated heterocycles. The van der Waals surface area contributed by atoms with Gasteiger partial charge in [0, 0.05) is 9.13 Å². The number of carbonyl (C=O) groups is 1. The number of hydrogen-bond acceptors (Lipinski definition) is 3. The molecule has 5 heteroatoms. The van der Waals surface area contributed by atoms with Crippen LogP contribution in [0, 0.1) is 26.7 Å². The molecule has 1 N–H and O–H groups in total. The average Bonchev–Trinajstić information content (AvgIpc) is 2.85. The van der Waals surface area contributed by atoms with Crippen molar-refractivity contribution in [3.05, 3.63) is 74.6 Å². The lowest BCUT2D eigenvalue weighted by molar-refractivity contribution is -0.115. The zero-order valence-electron chi connectivity index (χ0n) is 20.6. The normalized spacial score (nSPS) is 27.4. The Bertz CT molecular complexity index is 1300. The summed E-state index contributed by atoms with van der Waals surface area (Å²) in [4.78, 5) is 23.6. The van der Waals surface area contributed by atoms with Gasteiger partial charge in [0.25, 0.3) is 0 Å². The summed E-state index contributed by atoms with van der Waals surface area (Å²) in [5.74, 6) is 3.37. The van der Waals surface area contributed by atoms with Crippen LogP contribution >= 0.6 is 22.6 Å². The van der Waals surface area contributed by atoms with Crippen molar-refractivity contribution in [2.75, 3.05) is 5.32 Å². The van der Waals surface area contributed by atoms with Gasteiger partial charge in [-0.1, -0.05) is 36.4 Å². The maximum absolute atomic E-state index is 13.2. The molecule has 5 aliphatic rings. The summed E-state index contributed by atoms with van der Waals surface area (Å²) in [7, 11) is 0. The van der Waals surface area contributed by atoms with Crippen molar-refractivity contribution in [2.45, 2.75) is 64.2 Å². The summed E-state index contributed by atoms with van der Waals surface area (Å²) in [5.41, 5.74) is 6.99. The number of benzene rings is 2. The number of hydrogen-bond donors (Lipinski definition) is 1. The smallest absolute Gasteiger partial charge is 0.229 e. The van der Waals surface area contributed by atoms with Gasteiger partial charge in [-0.25, -0.2) is 9.97 Å². The SMILES string of the molecule is O=C(Cc1ccc(I)cc1)Nc1nc2c(nc1CC13CC4CC(CC(C4)C1)C3)-c1ccccc1CC2. The van der Waals surface area contributed by atoms with E-state index in [1.807, 2.05) is 12.1 Å². The molecule has 4 bridgehead atoms. The molecule has 2 aromatic carbocycles. The van der Waals surface area contributed by atoms with Gasteiger partial charge in [-0.2, -0.15) is 0 Å². The van der Waals surface area contributed by atoms with E-state index in [9.17, 15) is 4.79 Å². The highest BCUT2D eigenvalue weighted by Crippen LogP contribution is 2.61. The number of carbonyl (C=O) groups excluding carboxylic acids is 1. The van der Waals surface area contributed by atoms with Crippen molar-refractivity contribution in [3.8, 4) is 11.3 Å². The molecule has 0 spiro atoms. The Morgan fingerprint density at radius 3 is 2.33 bits per heavy atom. The van der Waals surface area contributed by atoms with E-state index in [1.54, 1.807) is 0 Å². The predicted octanol–water partition coefficient (Wildman–Crippen LogP) is 6.79. The molecule has 0 radical (unpaired) electrons. The highest BCUT2D eigenvalue weighted by Gasteiger charge is 2.51. The highest BCUT2D eigenvalue weighted by molar-refractivity contribution is 14.1. The predicted molar refractivity (Wildman–Crippen MR) is 151 cm³/mol. The largest absolute Gasteiger partial charge is 0.309 e. The number of halogens is 1. The van der Waals surface area contributed by atoms with Gasteiger partial charge in [0.2, 0.25) is 5.91 Å². The van der Waals surface area contributed by atoms with Gasteiger partial charge in [-0.3, -0.25) is 4.79 Å². The standard InChI is InChI=1S/C31H32IN3O/c32-24-8-5-19(6-9-24)14-28(36)35-30-27(18-31-15-20-11-21(16-31)13-22(12-20)17-31)33-29-25-4-2-1-3-23(25)7-10-26(29)34-30/h1-6,8-9,20-22H,7,10-18H2,(H,34,35,36). The van der Waals surface area contributed by atoms with Crippen molar-refractivity contribution in [3.63, 3.8) is 0 Å². The Morgan fingerprint density at radius 1 is 0.917 bits per heavy atom. The number of nitrogens with zero attached hydrogens (tertiary/aromatic N) is 2. The van der Waals surface area contributed by atoms with Crippen molar-refractivity contribution in [2.24, 2.45) is 23.2 Å². The molecule has 4 nitrogen and oxygen atoms in total. The Labute approximate surface area is 226 Å². The summed E-state index contributed by atoms with van der Waals surface area (Å²) < 4.78 is 1.18. The van der Waals surface area contributed by atoms with Crippen molar-refractivity contribution in [1.82, 2.24) is 9.97 Å². The van der Waals surface area contributed by atoms with Gasteiger partial charge in [0.05, 0.1) is 23.5 Å². The number of anilines is 1. The van der Waals surface area contributed by atoms with Crippen LogP contribution in [0.5, 0.6) is 0 Å². The Balaban J connectivity index is 1.24. The molecular formula is C31H32IN3O. The fourth-order valence-corrected chi connectivity index (χ4v) is 8.53. The molecule has 0 aliphatic heterocycles. The van der Waals surface area contributed by atoms with Crippen molar-refractivity contribution < 1.29 is 4.79 Å². The third-order valence-corrected chi connectivity index (χ3v) is 9.91. The summed E-state index contributed by atoms with van der Waals surface area (Å²) in [6.45, 7) is 0. The lowest BCUT2D eigenvalue weighted by Gasteiger charge is -2.57. The molecule has 1 aromatic heterocycles. The molecule has 3 aromatic rings. The third kappa shape index (κ3) is 4.27. The van der Waals surface area contributed by atoms with Gasteiger partial charge in [-0.15, -0.1) is 0 Å². The van der Waals surface area contributed by atoms with E-state index in [4.69, 9.17) is 9.97 Å². The molecule has 36 heavy (non-hydrogen) atoms. The lowest BCUT2D eigenvalue weighted by Crippen LogP contribution is -2.47. The van der Waals surface area contributed by atoms with Crippen molar-refractivity contribution >= 4 is 34.3 Å². The molecular weight excluding hydrogens is 557 g/mol. The number of amides is 1. The maximum atomic E-state index is 13.2. The highest BCUT2D eigenvalue weighted by atomic mass is 127. The zero-order valence-corrected chi connectivity index (χ0v) is 22.8. The molecule has 1 heterocycles. The van der Waals surface area contributed by atoms with Gasteiger partial charge >= 0.3 is 0 Å². The molecule has 8 rings (SSSR count). The van der Waals surface area contributed by atoms with Crippen LogP contribution in [0.4, 0.5) is 5.82 Å². The monoisotopic (exact) mass is 589 g/mol. The van der Waals surface area contributed by atoms with E-state index in [0.717, 1.165) is 59.7 Å². The molecule has 0 atom stereocenters. The summed E-state index contributed by atoms with van der Waals surface area (Å²) in [6, 6.07) is 16.8. The lowest BCUT2D eigenvalue weighted by atomic mass is 9.48. The molecule has 5 aliphatic carbocycles. The van der Waals surface area contributed by atoms with Gasteiger partial charge in [0.1, 0.15) is 0 Å². The minimum Gasteiger partial charge on any atom is -0.309 e. The van der Waals surface area contributed by atoms with E-state index in [1.165, 1.54) is 53.2 Å². The second kappa shape index (κ2) is 8.93. The first-order chi connectivity index (χ1) is 17.5. The summed E-state index contributed by atoms with van der Waals surface area (Å²) in [6.07, 6.45) is 11.4. The van der Waals surface area contributed by atoms with Crippen LogP contribution in [0.3, 0.4) is 0 Å². The Kier molecular flexibility index (Phi) is 5.68. The van der Waals surface area contributed by atoms with Crippen LogP contribution in [0.25, 0.3) is 11.3 Å². The van der Waals surface area contributed by atoms with E-state index in [0.29, 0.717) is 17.7 Å². The van der Waals surface area contributed by atoms with E-state index in [-0.39, 0.29) is 5.91 Å². The minimum atomic E-state index is -0.00608. The molecule has 4 saturated carbocycles. The first-order valence-corrected chi connectivity index (χ1v) is 14.6. The molecule has 1 amide bonds. The number of nitrogens with one attached hydrogen (secondary N) is 1. The summed E-state index contributed by atoms with van der Waals surface area (Å²) in [5, 5.41) is 3.22. The van der Waals surface area contributed by atoms with Crippen LogP contribution < -0.4 is 5.32 Å². The number of fused-ring (bicyclic) bond motifs is 3. The van der Waals surface area contributed by atoms with E-state index in [2.05, 4.69) is 64.3 Å². The number of aryl methyl sites for hydroxylation is 2. The second-order valence-corrected chi connectivity index (χ2v) is 13.2. The van der Waals surface area contributed by atoms with Gasteiger partial charge < -0.3 is 5.32 Å². The van der Waals surface area contributed by atoms with Crippen LogP contribution in [0.15, 0.2) is 48.5 Å². The van der Waals surface area contributed by atoms with E-state index < -0.39 is 0 Å². The number of aromatic nitrogens is 2.